The first-order valence-corrected chi connectivity index (χ1v) is 11.7. The van der Waals surface area contributed by atoms with Gasteiger partial charge in [0.25, 0.3) is 0 Å². The van der Waals surface area contributed by atoms with Crippen LogP contribution in [0.15, 0.2) is 30.3 Å². The molecule has 150 valence electrons. The maximum Gasteiger partial charge on any atom is 0.186 e. The molecule has 0 saturated carbocycles. The molecule has 5 rings (SSSR count). The summed E-state index contributed by atoms with van der Waals surface area (Å²) >= 11 is 3.56. The Balaban J connectivity index is 1.35. The van der Waals surface area contributed by atoms with Crippen molar-refractivity contribution in [2.75, 3.05) is 42.6 Å². The number of aryl methyl sites for hydroxylation is 2. The van der Waals surface area contributed by atoms with Gasteiger partial charge < -0.3 is 14.5 Å². The fourth-order valence-electron chi connectivity index (χ4n) is 3.90. The van der Waals surface area contributed by atoms with Gasteiger partial charge in [0.15, 0.2) is 10.3 Å². The molecule has 0 spiro atoms. The number of para-hydroxylation sites is 1. The minimum atomic E-state index is 0.659. The van der Waals surface area contributed by atoms with E-state index in [4.69, 9.17) is 14.7 Å². The molecule has 0 N–H and O–H groups in total. The molecule has 1 saturated heterocycles. The van der Waals surface area contributed by atoms with Gasteiger partial charge in [0, 0.05) is 26.2 Å². The zero-order chi connectivity index (χ0) is 20.0. The maximum absolute atomic E-state index is 5.75. The van der Waals surface area contributed by atoms with Crippen molar-refractivity contribution in [1.29, 1.82) is 0 Å². The van der Waals surface area contributed by atoms with Crippen LogP contribution in [-0.4, -0.2) is 42.8 Å². The largest absolute Gasteiger partial charge is 0.492 e. The second-order valence-electron chi connectivity index (χ2n) is 7.43. The smallest absolute Gasteiger partial charge is 0.186 e. The number of thiazole rings is 2. The number of fused-ring (bicyclic) bond motifs is 2. The number of aromatic nitrogens is 2. The number of rotatable bonds is 4. The van der Waals surface area contributed by atoms with Crippen LogP contribution in [0.5, 0.6) is 5.75 Å². The lowest BCUT2D eigenvalue weighted by molar-refractivity contribution is 0.344. The van der Waals surface area contributed by atoms with E-state index in [1.54, 1.807) is 11.3 Å². The third kappa shape index (κ3) is 3.42. The number of anilines is 2. The summed E-state index contributed by atoms with van der Waals surface area (Å²) in [4.78, 5) is 14.6. The third-order valence-corrected chi connectivity index (χ3v) is 7.45. The molecule has 0 radical (unpaired) electrons. The summed E-state index contributed by atoms with van der Waals surface area (Å²) in [6.07, 6.45) is 0. The minimum absolute atomic E-state index is 0.659. The molecule has 0 aliphatic carbocycles. The van der Waals surface area contributed by atoms with Crippen molar-refractivity contribution >= 4 is 53.4 Å². The van der Waals surface area contributed by atoms with E-state index in [-0.39, 0.29) is 0 Å². The van der Waals surface area contributed by atoms with Crippen LogP contribution >= 0.6 is 22.7 Å². The average molecular weight is 425 g/mol. The average Bonchev–Trinajstić information content (AvgIpc) is 3.33. The Bertz CT molecular complexity index is 1170. The van der Waals surface area contributed by atoms with Gasteiger partial charge in [-0.1, -0.05) is 34.8 Å². The summed E-state index contributed by atoms with van der Waals surface area (Å²) in [5.41, 5.74) is 4.69. The first-order valence-electron chi connectivity index (χ1n) is 10.0. The molecule has 0 amide bonds. The van der Waals surface area contributed by atoms with Crippen molar-refractivity contribution in [2.45, 2.75) is 20.8 Å². The molecule has 0 unspecified atom stereocenters. The van der Waals surface area contributed by atoms with Crippen molar-refractivity contribution in [2.24, 2.45) is 0 Å². The Kier molecular flexibility index (Phi) is 4.80. The minimum Gasteiger partial charge on any atom is -0.492 e. The number of hydrogen-bond donors (Lipinski definition) is 0. The Morgan fingerprint density at radius 3 is 2.24 bits per heavy atom. The predicted octanol–water partition coefficient (Wildman–Crippen LogP) is 5.25. The lowest BCUT2D eigenvalue weighted by atomic mass is 10.1. The summed E-state index contributed by atoms with van der Waals surface area (Å²) < 4.78 is 8.22. The van der Waals surface area contributed by atoms with Gasteiger partial charge in [-0.3, -0.25) is 0 Å². The fraction of sp³-hybridized carbons (Fsp3) is 0.364. The lowest BCUT2D eigenvalue weighted by Gasteiger charge is -2.34. The van der Waals surface area contributed by atoms with E-state index in [0.29, 0.717) is 6.61 Å². The van der Waals surface area contributed by atoms with Crippen molar-refractivity contribution < 1.29 is 4.74 Å². The fourth-order valence-corrected chi connectivity index (χ4v) is 6.13. The highest BCUT2D eigenvalue weighted by molar-refractivity contribution is 7.22. The Morgan fingerprint density at radius 2 is 1.55 bits per heavy atom. The number of hydrogen-bond acceptors (Lipinski definition) is 7. The normalized spacial score (nSPS) is 14.9. The van der Waals surface area contributed by atoms with Gasteiger partial charge in [-0.25, -0.2) is 9.97 Å². The van der Waals surface area contributed by atoms with Crippen LogP contribution in [0, 0.1) is 13.8 Å². The summed E-state index contributed by atoms with van der Waals surface area (Å²) in [7, 11) is 0. The topological polar surface area (TPSA) is 41.5 Å². The molecule has 0 bridgehead atoms. The molecule has 7 heteroatoms. The van der Waals surface area contributed by atoms with Gasteiger partial charge in [-0.05, 0) is 50.1 Å². The molecule has 4 aromatic rings. The number of piperazine rings is 1. The van der Waals surface area contributed by atoms with Crippen molar-refractivity contribution in [3.63, 3.8) is 0 Å². The van der Waals surface area contributed by atoms with E-state index in [1.807, 2.05) is 30.4 Å². The third-order valence-electron chi connectivity index (χ3n) is 5.31. The lowest BCUT2D eigenvalue weighted by Crippen LogP contribution is -2.46. The van der Waals surface area contributed by atoms with E-state index < -0.39 is 0 Å². The first kappa shape index (κ1) is 18.6. The second kappa shape index (κ2) is 7.46. The molecule has 2 aromatic heterocycles. The Morgan fingerprint density at radius 1 is 0.897 bits per heavy atom. The maximum atomic E-state index is 5.75. The van der Waals surface area contributed by atoms with Crippen LogP contribution in [0.1, 0.15) is 18.1 Å². The van der Waals surface area contributed by atoms with Crippen LogP contribution in [0.4, 0.5) is 10.3 Å². The molecule has 29 heavy (non-hydrogen) atoms. The number of nitrogens with zero attached hydrogens (tertiary/aromatic N) is 4. The monoisotopic (exact) mass is 424 g/mol. The van der Waals surface area contributed by atoms with Crippen molar-refractivity contribution in [1.82, 2.24) is 9.97 Å². The van der Waals surface area contributed by atoms with E-state index in [0.717, 1.165) is 53.2 Å². The first-order chi connectivity index (χ1) is 14.1. The zero-order valence-corrected chi connectivity index (χ0v) is 18.6. The molecule has 0 atom stereocenters. The van der Waals surface area contributed by atoms with Gasteiger partial charge in [-0.2, -0.15) is 0 Å². The van der Waals surface area contributed by atoms with Crippen LogP contribution in [-0.2, 0) is 0 Å². The predicted molar refractivity (Wildman–Crippen MR) is 124 cm³/mol. The summed E-state index contributed by atoms with van der Waals surface area (Å²) in [6.45, 7) is 10.8. The van der Waals surface area contributed by atoms with Crippen molar-refractivity contribution in [3.8, 4) is 5.75 Å². The van der Waals surface area contributed by atoms with Gasteiger partial charge >= 0.3 is 0 Å². The molecule has 3 heterocycles. The standard InChI is InChI=1S/C22H24N4OS2/c1-4-27-16-6-5-7-17-20(16)24-22(28-17)26-10-8-25(9-11-26)21-23-19-15(3)12-14(2)13-18(19)29-21/h5-7,12-13H,4,8-11H2,1-3H3. The quantitative estimate of drug-likeness (QED) is 0.448. The molecular formula is C22H24N4OS2. The summed E-state index contributed by atoms with van der Waals surface area (Å²) in [5.74, 6) is 0.881. The van der Waals surface area contributed by atoms with Gasteiger partial charge in [-0.15, -0.1) is 0 Å². The Labute approximate surface area is 178 Å². The number of ether oxygens (including phenoxy) is 1. The molecule has 1 fully saturated rings. The SMILES string of the molecule is CCOc1cccc2sc(N3CCN(c4nc5c(C)cc(C)cc5s4)CC3)nc12. The Hall–Kier alpha value is -2.38. The van der Waals surface area contributed by atoms with Crippen LogP contribution in [0.25, 0.3) is 20.4 Å². The van der Waals surface area contributed by atoms with Gasteiger partial charge in [0.2, 0.25) is 0 Å². The van der Waals surface area contributed by atoms with Gasteiger partial charge in [0.05, 0.1) is 21.5 Å². The van der Waals surface area contributed by atoms with Crippen LogP contribution < -0.4 is 14.5 Å². The highest BCUT2D eigenvalue weighted by Crippen LogP contribution is 2.36. The molecule has 2 aromatic carbocycles. The van der Waals surface area contributed by atoms with Crippen molar-refractivity contribution in [3.05, 3.63) is 41.5 Å². The van der Waals surface area contributed by atoms with E-state index in [2.05, 4.69) is 41.8 Å². The van der Waals surface area contributed by atoms with E-state index in [1.165, 1.54) is 20.5 Å². The van der Waals surface area contributed by atoms with E-state index in [9.17, 15) is 0 Å². The number of benzene rings is 2. The van der Waals surface area contributed by atoms with Crippen LogP contribution in [0.2, 0.25) is 0 Å². The zero-order valence-electron chi connectivity index (χ0n) is 16.9. The summed E-state index contributed by atoms with van der Waals surface area (Å²) in [6, 6.07) is 10.6. The highest BCUT2D eigenvalue weighted by Gasteiger charge is 2.23. The van der Waals surface area contributed by atoms with E-state index >= 15 is 0 Å². The van der Waals surface area contributed by atoms with Crippen LogP contribution in [0.3, 0.4) is 0 Å². The molecule has 1 aliphatic rings. The summed E-state index contributed by atoms with van der Waals surface area (Å²) in [5, 5.41) is 2.22. The highest BCUT2D eigenvalue weighted by atomic mass is 32.1. The molecule has 1 aliphatic heterocycles. The molecular weight excluding hydrogens is 400 g/mol. The van der Waals surface area contributed by atoms with Gasteiger partial charge in [0.1, 0.15) is 11.3 Å². The second-order valence-corrected chi connectivity index (χ2v) is 9.45. The molecule has 5 nitrogen and oxygen atoms in total.